The number of furan rings is 1. The summed E-state index contributed by atoms with van der Waals surface area (Å²) in [5.41, 5.74) is 3.70. The lowest BCUT2D eigenvalue weighted by Gasteiger charge is -2.08. The number of hydrogen-bond acceptors (Lipinski definition) is 4. The molecule has 0 aliphatic carbocycles. The zero-order valence-electron chi connectivity index (χ0n) is 10.4. The summed E-state index contributed by atoms with van der Waals surface area (Å²) in [4.78, 5) is 11.7. The maximum absolute atomic E-state index is 11.7. The molecule has 0 spiro atoms. The zero-order chi connectivity index (χ0) is 13.7. The molecule has 2 rings (SSSR count). The predicted octanol–water partition coefficient (Wildman–Crippen LogP) is 1.77. The summed E-state index contributed by atoms with van der Waals surface area (Å²) in [5.74, 6) is -0.0267. The third kappa shape index (κ3) is 3.29. The van der Waals surface area contributed by atoms with Gasteiger partial charge in [0.15, 0.2) is 6.10 Å². The molecule has 19 heavy (non-hydrogen) atoms. The van der Waals surface area contributed by atoms with Crippen molar-refractivity contribution < 1.29 is 14.3 Å². The van der Waals surface area contributed by atoms with E-state index < -0.39 is 12.0 Å². The van der Waals surface area contributed by atoms with E-state index in [1.54, 1.807) is 30.3 Å². The van der Waals surface area contributed by atoms with Gasteiger partial charge in [0.2, 0.25) is 0 Å². The molecular weight excluding hydrogens is 244 g/mol. The number of carbonyl (C=O) groups excluding carboxylic acids is 1. The van der Waals surface area contributed by atoms with Gasteiger partial charge in [-0.05, 0) is 24.1 Å². The minimum Gasteiger partial charge on any atom is -0.463 e. The summed E-state index contributed by atoms with van der Waals surface area (Å²) in [6.07, 6.45) is 1.69. The highest BCUT2D eigenvalue weighted by molar-refractivity contribution is 5.84. The Morgan fingerprint density at radius 1 is 1.37 bits per heavy atom. The third-order valence-corrected chi connectivity index (χ3v) is 2.62. The second kappa shape index (κ2) is 5.97. The van der Waals surface area contributed by atoms with E-state index in [9.17, 15) is 9.90 Å². The van der Waals surface area contributed by atoms with Crippen LogP contribution >= 0.6 is 0 Å². The average molecular weight is 258 g/mol. The monoisotopic (exact) mass is 258 g/mol. The lowest BCUT2D eigenvalue weighted by Crippen LogP contribution is -2.25. The molecule has 0 aliphatic rings. The van der Waals surface area contributed by atoms with E-state index in [-0.39, 0.29) is 0 Å². The number of nitrogens with zero attached hydrogens (tertiary/aromatic N) is 1. The summed E-state index contributed by atoms with van der Waals surface area (Å²) in [6.45, 7) is 1.87. The molecule has 5 heteroatoms. The fraction of sp³-hybridized carbons (Fsp3) is 0.143. The Labute approximate surface area is 110 Å². The molecule has 1 aromatic heterocycles. The van der Waals surface area contributed by atoms with E-state index in [4.69, 9.17) is 4.42 Å². The maximum atomic E-state index is 11.7. The molecule has 0 saturated heterocycles. The SMILES string of the molecule is Cc1ccoc1/C=N/NC(=O)C(O)c1ccccc1. The molecule has 98 valence electrons. The number of hydrazone groups is 1. The van der Waals surface area contributed by atoms with E-state index >= 15 is 0 Å². The molecular formula is C14H14N2O3. The average Bonchev–Trinajstić information content (AvgIpc) is 2.84. The number of carbonyl (C=O) groups is 1. The molecule has 1 unspecified atom stereocenters. The molecule has 1 heterocycles. The van der Waals surface area contributed by atoms with Crippen LogP contribution in [0.25, 0.3) is 0 Å². The van der Waals surface area contributed by atoms with Crippen LogP contribution in [0.3, 0.4) is 0 Å². The Hall–Kier alpha value is -2.40. The van der Waals surface area contributed by atoms with Crippen molar-refractivity contribution in [2.24, 2.45) is 5.10 Å². The van der Waals surface area contributed by atoms with Gasteiger partial charge in [-0.2, -0.15) is 5.10 Å². The lowest BCUT2D eigenvalue weighted by molar-refractivity contribution is -0.129. The van der Waals surface area contributed by atoms with Gasteiger partial charge in [-0.15, -0.1) is 0 Å². The Morgan fingerprint density at radius 2 is 2.11 bits per heavy atom. The quantitative estimate of drug-likeness (QED) is 0.648. The third-order valence-electron chi connectivity index (χ3n) is 2.62. The van der Waals surface area contributed by atoms with Crippen molar-refractivity contribution in [3.63, 3.8) is 0 Å². The van der Waals surface area contributed by atoms with Gasteiger partial charge < -0.3 is 9.52 Å². The van der Waals surface area contributed by atoms with E-state index in [0.717, 1.165) is 5.56 Å². The fourth-order valence-electron chi connectivity index (χ4n) is 1.52. The molecule has 0 aliphatic heterocycles. The number of benzene rings is 1. The van der Waals surface area contributed by atoms with Crippen LogP contribution in [-0.2, 0) is 4.79 Å². The number of aliphatic hydroxyl groups excluding tert-OH is 1. The van der Waals surface area contributed by atoms with Crippen LogP contribution in [0, 0.1) is 6.92 Å². The van der Waals surface area contributed by atoms with E-state index in [2.05, 4.69) is 10.5 Å². The normalized spacial score (nSPS) is 12.5. The molecule has 5 nitrogen and oxygen atoms in total. The van der Waals surface area contributed by atoms with Gasteiger partial charge in [-0.25, -0.2) is 5.43 Å². The molecule has 0 saturated carbocycles. The molecule has 2 aromatic rings. The largest absolute Gasteiger partial charge is 0.463 e. The van der Waals surface area contributed by atoms with E-state index in [1.165, 1.54) is 12.5 Å². The van der Waals surface area contributed by atoms with Crippen molar-refractivity contribution in [2.45, 2.75) is 13.0 Å². The van der Waals surface area contributed by atoms with Crippen LogP contribution in [0.4, 0.5) is 0 Å². The minimum atomic E-state index is -1.24. The summed E-state index contributed by atoms with van der Waals surface area (Å²) in [5, 5.41) is 13.5. The number of rotatable bonds is 4. The van der Waals surface area contributed by atoms with Crippen molar-refractivity contribution in [1.82, 2.24) is 5.43 Å². The topological polar surface area (TPSA) is 74.8 Å². The van der Waals surface area contributed by atoms with E-state index in [0.29, 0.717) is 11.3 Å². The van der Waals surface area contributed by atoms with E-state index in [1.807, 2.05) is 13.0 Å². The van der Waals surface area contributed by atoms with Crippen molar-refractivity contribution in [1.29, 1.82) is 0 Å². The summed E-state index contributed by atoms with van der Waals surface area (Å²) < 4.78 is 5.13. The van der Waals surface area contributed by atoms with Gasteiger partial charge in [0.05, 0.1) is 12.5 Å². The first-order valence-corrected chi connectivity index (χ1v) is 5.78. The summed E-state index contributed by atoms with van der Waals surface area (Å²) in [6, 6.07) is 10.5. The van der Waals surface area contributed by atoms with Gasteiger partial charge in [-0.1, -0.05) is 30.3 Å². The molecule has 0 bridgehead atoms. The van der Waals surface area contributed by atoms with Crippen molar-refractivity contribution in [3.05, 3.63) is 59.5 Å². The van der Waals surface area contributed by atoms with Crippen LogP contribution in [0.1, 0.15) is 23.0 Å². The van der Waals surface area contributed by atoms with Crippen LogP contribution in [0.2, 0.25) is 0 Å². The smallest absolute Gasteiger partial charge is 0.273 e. The number of aliphatic hydroxyl groups is 1. The Kier molecular flexibility index (Phi) is 4.10. The zero-order valence-corrected chi connectivity index (χ0v) is 10.4. The number of hydrogen-bond donors (Lipinski definition) is 2. The van der Waals surface area contributed by atoms with Crippen LogP contribution in [0.5, 0.6) is 0 Å². The molecule has 1 amide bonds. The second-order valence-corrected chi connectivity index (χ2v) is 4.02. The maximum Gasteiger partial charge on any atom is 0.273 e. The van der Waals surface area contributed by atoms with Crippen LogP contribution in [-0.4, -0.2) is 17.2 Å². The summed E-state index contributed by atoms with van der Waals surface area (Å²) >= 11 is 0. The first kappa shape index (κ1) is 13.0. The van der Waals surface area contributed by atoms with Gasteiger partial charge >= 0.3 is 0 Å². The van der Waals surface area contributed by atoms with Gasteiger partial charge in [-0.3, -0.25) is 4.79 Å². The lowest BCUT2D eigenvalue weighted by atomic mass is 10.1. The van der Waals surface area contributed by atoms with Crippen molar-refractivity contribution in [3.8, 4) is 0 Å². The number of nitrogens with one attached hydrogen (secondary N) is 1. The number of aryl methyl sites for hydroxylation is 1. The molecule has 0 fully saturated rings. The van der Waals surface area contributed by atoms with Crippen molar-refractivity contribution in [2.75, 3.05) is 0 Å². The first-order valence-electron chi connectivity index (χ1n) is 5.78. The van der Waals surface area contributed by atoms with Crippen molar-refractivity contribution >= 4 is 12.1 Å². The summed E-state index contributed by atoms with van der Waals surface area (Å²) in [7, 11) is 0. The highest BCUT2D eigenvalue weighted by Gasteiger charge is 2.15. The van der Waals surface area contributed by atoms with Crippen LogP contribution in [0.15, 0.2) is 52.2 Å². The predicted molar refractivity (Wildman–Crippen MR) is 70.6 cm³/mol. The Morgan fingerprint density at radius 3 is 2.74 bits per heavy atom. The van der Waals surface area contributed by atoms with Gasteiger partial charge in [0, 0.05) is 0 Å². The second-order valence-electron chi connectivity index (χ2n) is 4.02. The Balaban J connectivity index is 1.95. The highest BCUT2D eigenvalue weighted by Crippen LogP contribution is 2.11. The molecule has 2 N–H and O–H groups in total. The minimum absolute atomic E-state index is 0.518. The van der Waals surface area contributed by atoms with Gasteiger partial charge in [0.1, 0.15) is 5.76 Å². The number of amides is 1. The fourth-order valence-corrected chi connectivity index (χ4v) is 1.52. The van der Waals surface area contributed by atoms with Gasteiger partial charge in [0.25, 0.3) is 5.91 Å². The first-order chi connectivity index (χ1) is 9.18. The highest BCUT2D eigenvalue weighted by atomic mass is 16.3. The Bertz CT molecular complexity index is 575. The standard InChI is InChI=1S/C14H14N2O3/c1-10-7-8-19-12(10)9-15-16-14(18)13(17)11-5-3-2-4-6-11/h2-9,13,17H,1H3,(H,16,18)/b15-9+. The molecule has 1 atom stereocenters. The molecule has 1 aromatic carbocycles. The van der Waals surface area contributed by atoms with Crippen LogP contribution < -0.4 is 5.43 Å². The molecule has 0 radical (unpaired) electrons.